The number of carbonyl (C=O) groups excluding carboxylic acids is 1. The smallest absolute Gasteiger partial charge is 0.246 e. The lowest BCUT2D eigenvalue weighted by atomic mass is 9.95. The van der Waals surface area contributed by atoms with Crippen molar-refractivity contribution in [3.63, 3.8) is 0 Å². The molecule has 2 rings (SSSR count). The molecule has 98 valence electrons. The molecule has 1 fully saturated rings. The zero-order valence-electron chi connectivity index (χ0n) is 10.5. The minimum absolute atomic E-state index is 0.0818. The fraction of sp³-hybridized carbons (Fsp3) is 0.583. The number of nitrogens with zero attached hydrogens (tertiary/aromatic N) is 2. The lowest BCUT2D eigenvalue weighted by Gasteiger charge is -2.20. The number of carbonyl (C=O) groups is 1. The number of ketones is 1. The van der Waals surface area contributed by atoms with Gasteiger partial charge in [-0.05, 0) is 12.8 Å². The van der Waals surface area contributed by atoms with E-state index in [1.54, 1.807) is 0 Å². The number of aromatic nitrogens is 2. The Hall–Kier alpha value is -1.69. The average Bonchev–Trinajstić information content (AvgIpc) is 2.46. The SMILES string of the molecule is COc1cnc(C(=O)C2CCCOC2)c(OC)n1. The normalized spacial score (nSPS) is 19.3. The second kappa shape index (κ2) is 5.77. The van der Waals surface area contributed by atoms with Gasteiger partial charge in [0.05, 0.1) is 27.0 Å². The summed E-state index contributed by atoms with van der Waals surface area (Å²) in [6.07, 6.45) is 3.12. The molecule has 2 heterocycles. The molecule has 1 unspecified atom stereocenters. The van der Waals surface area contributed by atoms with Crippen LogP contribution in [0.15, 0.2) is 6.20 Å². The maximum atomic E-state index is 12.3. The van der Waals surface area contributed by atoms with Gasteiger partial charge in [0, 0.05) is 12.5 Å². The average molecular weight is 252 g/mol. The molecule has 18 heavy (non-hydrogen) atoms. The molecule has 0 radical (unpaired) electrons. The third kappa shape index (κ3) is 2.59. The van der Waals surface area contributed by atoms with E-state index in [4.69, 9.17) is 14.2 Å². The zero-order chi connectivity index (χ0) is 13.0. The van der Waals surface area contributed by atoms with Crippen molar-refractivity contribution in [2.75, 3.05) is 27.4 Å². The van der Waals surface area contributed by atoms with Crippen LogP contribution in [0.2, 0.25) is 0 Å². The van der Waals surface area contributed by atoms with Crippen LogP contribution < -0.4 is 9.47 Å². The van der Waals surface area contributed by atoms with Gasteiger partial charge in [-0.25, -0.2) is 4.98 Å². The molecule has 6 nitrogen and oxygen atoms in total. The number of rotatable bonds is 4. The first-order valence-corrected chi connectivity index (χ1v) is 5.83. The predicted molar refractivity (Wildman–Crippen MR) is 63.0 cm³/mol. The molecule has 0 N–H and O–H groups in total. The summed E-state index contributed by atoms with van der Waals surface area (Å²) in [5.74, 6) is 0.283. The zero-order valence-corrected chi connectivity index (χ0v) is 10.5. The van der Waals surface area contributed by atoms with Crippen molar-refractivity contribution in [2.45, 2.75) is 12.8 Å². The van der Waals surface area contributed by atoms with Crippen LogP contribution in [0.3, 0.4) is 0 Å². The van der Waals surface area contributed by atoms with E-state index in [1.165, 1.54) is 20.4 Å². The molecule has 1 aliphatic heterocycles. The standard InChI is InChI=1S/C12H16N2O4/c1-16-9-6-13-10(12(14-9)17-2)11(15)8-4-3-5-18-7-8/h6,8H,3-5,7H2,1-2H3. The van der Waals surface area contributed by atoms with Crippen LogP contribution in [0.4, 0.5) is 0 Å². The molecule has 0 amide bonds. The molecule has 1 saturated heterocycles. The van der Waals surface area contributed by atoms with Crippen LogP contribution in [0.1, 0.15) is 23.3 Å². The van der Waals surface area contributed by atoms with E-state index in [1.807, 2.05) is 0 Å². The lowest BCUT2D eigenvalue weighted by Crippen LogP contribution is -2.26. The Morgan fingerprint density at radius 1 is 1.44 bits per heavy atom. The lowest BCUT2D eigenvalue weighted by molar-refractivity contribution is 0.0455. The summed E-state index contributed by atoms with van der Waals surface area (Å²) in [5.41, 5.74) is 0.244. The van der Waals surface area contributed by atoms with Gasteiger partial charge in [-0.15, -0.1) is 0 Å². The van der Waals surface area contributed by atoms with E-state index in [9.17, 15) is 4.79 Å². The first-order valence-electron chi connectivity index (χ1n) is 5.83. The minimum atomic E-state index is -0.157. The fourth-order valence-electron chi connectivity index (χ4n) is 1.91. The van der Waals surface area contributed by atoms with E-state index in [-0.39, 0.29) is 23.3 Å². The van der Waals surface area contributed by atoms with Gasteiger partial charge >= 0.3 is 0 Å². The van der Waals surface area contributed by atoms with Crippen molar-refractivity contribution in [3.8, 4) is 11.8 Å². The number of hydrogen-bond donors (Lipinski definition) is 0. The topological polar surface area (TPSA) is 70.5 Å². The summed E-state index contributed by atoms with van der Waals surface area (Å²) in [4.78, 5) is 20.4. The Morgan fingerprint density at radius 2 is 2.28 bits per heavy atom. The molecule has 1 aromatic rings. The van der Waals surface area contributed by atoms with Gasteiger partial charge < -0.3 is 14.2 Å². The Balaban J connectivity index is 2.23. The number of methoxy groups -OCH3 is 2. The van der Waals surface area contributed by atoms with Gasteiger partial charge in [0.2, 0.25) is 11.8 Å². The predicted octanol–water partition coefficient (Wildman–Crippen LogP) is 1.10. The number of hydrogen-bond acceptors (Lipinski definition) is 6. The largest absolute Gasteiger partial charge is 0.480 e. The van der Waals surface area contributed by atoms with E-state index in [0.717, 1.165) is 19.4 Å². The van der Waals surface area contributed by atoms with Crippen LogP contribution in [0, 0.1) is 5.92 Å². The quantitative estimate of drug-likeness (QED) is 0.747. The highest BCUT2D eigenvalue weighted by Crippen LogP contribution is 2.23. The van der Waals surface area contributed by atoms with Crippen LogP contribution in [-0.4, -0.2) is 43.2 Å². The Kier molecular flexibility index (Phi) is 4.09. The van der Waals surface area contributed by atoms with Crippen molar-refractivity contribution in [1.29, 1.82) is 0 Å². The summed E-state index contributed by atoms with van der Waals surface area (Å²) < 4.78 is 15.3. The first kappa shape index (κ1) is 12.8. The molecule has 1 aliphatic rings. The van der Waals surface area contributed by atoms with Crippen molar-refractivity contribution in [3.05, 3.63) is 11.9 Å². The molecule has 0 bridgehead atoms. The van der Waals surface area contributed by atoms with E-state index < -0.39 is 0 Å². The number of Topliss-reactive ketones (excluding diaryl/α,β-unsaturated/α-hetero) is 1. The van der Waals surface area contributed by atoms with Crippen LogP contribution in [0.5, 0.6) is 11.8 Å². The van der Waals surface area contributed by atoms with Gasteiger partial charge in [0.1, 0.15) is 0 Å². The molecular formula is C12H16N2O4. The summed E-state index contributed by atoms with van der Waals surface area (Å²) in [6, 6.07) is 0. The molecule has 1 aromatic heterocycles. The van der Waals surface area contributed by atoms with Crippen LogP contribution in [-0.2, 0) is 4.74 Å². The van der Waals surface area contributed by atoms with Crippen LogP contribution >= 0.6 is 0 Å². The molecule has 0 spiro atoms. The monoisotopic (exact) mass is 252 g/mol. The fourth-order valence-corrected chi connectivity index (χ4v) is 1.91. The third-order valence-corrected chi connectivity index (χ3v) is 2.89. The van der Waals surface area contributed by atoms with Gasteiger partial charge in [0.15, 0.2) is 11.5 Å². The Labute approximate surface area is 105 Å². The summed E-state index contributed by atoms with van der Waals surface area (Å²) in [6.45, 7) is 1.16. The van der Waals surface area contributed by atoms with Gasteiger partial charge in [0.25, 0.3) is 0 Å². The molecule has 0 aliphatic carbocycles. The molecule has 0 saturated carbocycles. The second-order valence-corrected chi connectivity index (χ2v) is 4.05. The molecule has 0 aromatic carbocycles. The highest BCUT2D eigenvalue weighted by Gasteiger charge is 2.27. The maximum Gasteiger partial charge on any atom is 0.246 e. The van der Waals surface area contributed by atoms with Crippen molar-refractivity contribution >= 4 is 5.78 Å². The van der Waals surface area contributed by atoms with Gasteiger partial charge in [-0.2, -0.15) is 4.98 Å². The van der Waals surface area contributed by atoms with Gasteiger partial charge in [-0.3, -0.25) is 4.79 Å². The first-order chi connectivity index (χ1) is 8.76. The Bertz CT molecular complexity index is 430. The molecular weight excluding hydrogens is 236 g/mol. The molecule has 6 heteroatoms. The van der Waals surface area contributed by atoms with E-state index in [0.29, 0.717) is 12.5 Å². The number of ether oxygens (including phenoxy) is 3. The molecule has 1 atom stereocenters. The Morgan fingerprint density at radius 3 is 2.89 bits per heavy atom. The van der Waals surface area contributed by atoms with Crippen LogP contribution in [0.25, 0.3) is 0 Å². The highest BCUT2D eigenvalue weighted by molar-refractivity contribution is 5.98. The van der Waals surface area contributed by atoms with Crippen molar-refractivity contribution in [2.24, 2.45) is 5.92 Å². The van der Waals surface area contributed by atoms with E-state index >= 15 is 0 Å². The summed E-state index contributed by atoms with van der Waals surface area (Å²) in [5, 5.41) is 0. The second-order valence-electron chi connectivity index (χ2n) is 4.05. The summed E-state index contributed by atoms with van der Waals surface area (Å²) >= 11 is 0. The third-order valence-electron chi connectivity index (χ3n) is 2.89. The van der Waals surface area contributed by atoms with Crippen molar-refractivity contribution in [1.82, 2.24) is 9.97 Å². The maximum absolute atomic E-state index is 12.3. The summed E-state index contributed by atoms with van der Waals surface area (Å²) in [7, 11) is 2.94. The van der Waals surface area contributed by atoms with Gasteiger partial charge in [-0.1, -0.05) is 0 Å². The highest BCUT2D eigenvalue weighted by atomic mass is 16.5. The van der Waals surface area contributed by atoms with E-state index in [2.05, 4.69) is 9.97 Å². The minimum Gasteiger partial charge on any atom is -0.480 e. The van der Waals surface area contributed by atoms with Crippen molar-refractivity contribution < 1.29 is 19.0 Å².